The average molecular weight is 372 g/mol. The lowest BCUT2D eigenvalue weighted by Gasteiger charge is -2.11. The van der Waals surface area contributed by atoms with Gasteiger partial charge in [0.05, 0.1) is 0 Å². The number of allylic oxidation sites excluding steroid dienone is 3. The first-order chi connectivity index (χ1) is 12.8. The molecule has 1 aromatic carbocycles. The number of fused-ring (bicyclic) bond motifs is 1. The van der Waals surface area contributed by atoms with E-state index >= 15 is 0 Å². The summed E-state index contributed by atoms with van der Waals surface area (Å²) in [5.74, 6) is -1.34. The van der Waals surface area contributed by atoms with Gasteiger partial charge in [-0.15, -0.1) is 0 Å². The summed E-state index contributed by atoms with van der Waals surface area (Å²) in [6.07, 6.45) is 6.04. The summed E-state index contributed by atoms with van der Waals surface area (Å²) < 4.78 is 15.9. The highest BCUT2D eigenvalue weighted by molar-refractivity contribution is 5.93. The molecule has 2 aromatic rings. The van der Waals surface area contributed by atoms with Crippen molar-refractivity contribution in [2.45, 2.75) is 40.5 Å². The molecule has 0 fully saturated rings. The molecule has 6 nitrogen and oxygen atoms in total. The zero-order chi connectivity index (χ0) is 20.0. The van der Waals surface area contributed by atoms with Gasteiger partial charge in [0.2, 0.25) is 5.75 Å². The minimum Gasteiger partial charge on any atom is -0.499 e. The number of carbonyl (C=O) groups is 1. The predicted molar refractivity (Wildman–Crippen MR) is 103 cm³/mol. The molecule has 0 bridgehead atoms. The zero-order valence-electron chi connectivity index (χ0n) is 16.0. The fourth-order valence-electron chi connectivity index (χ4n) is 2.51. The topological polar surface area (TPSA) is 86.0 Å². The summed E-state index contributed by atoms with van der Waals surface area (Å²) >= 11 is 0. The number of carbonyl (C=O) groups excluding carboxylic acids is 1. The van der Waals surface area contributed by atoms with Crippen LogP contribution >= 0.6 is 0 Å². The summed E-state index contributed by atoms with van der Waals surface area (Å²) in [5.41, 5.74) is 1.65. The van der Waals surface area contributed by atoms with Crippen molar-refractivity contribution in [3.8, 4) is 17.2 Å². The van der Waals surface area contributed by atoms with E-state index in [0.717, 1.165) is 12.8 Å². The Kier molecular flexibility index (Phi) is 6.82. The van der Waals surface area contributed by atoms with Crippen molar-refractivity contribution in [2.75, 3.05) is 6.61 Å². The minimum atomic E-state index is -0.981. The molecule has 1 aromatic heterocycles. The lowest BCUT2D eigenvalue weighted by atomic mass is 10.1. The molecular formula is C21H24O6. The van der Waals surface area contributed by atoms with Crippen LogP contribution in [-0.2, 0) is 4.79 Å². The third-order valence-corrected chi connectivity index (χ3v) is 3.83. The molecule has 0 saturated heterocycles. The maximum Gasteiger partial charge on any atom is 0.382 e. The van der Waals surface area contributed by atoms with E-state index in [2.05, 4.69) is 19.9 Å². The van der Waals surface area contributed by atoms with Crippen LogP contribution in [0.5, 0.6) is 17.2 Å². The van der Waals surface area contributed by atoms with Crippen LogP contribution in [0.15, 0.2) is 50.7 Å². The van der Waals surface area contributed by atoms with Gasteiger partial charge >= 0.3 is 11.6 Å². The third kappa shape index (κ3) is 5.48. The largest absolute Gasteiger partial charge is 0.499 e. The van der Waals surface area contributed by atoms with Gasteiger partial charge in [0.25, 0.3) is 0 Å². The number of esters is 1. The molecule has 0 aliphatic heterocycles. The third-order valence-electron chi connectivity index (χ3n) is 3.83. The molecule has 0 atom stereocenters. The SMILES string of the molecule is CC(=O)Oc1c(O)c(=O)oc2cccc(OCC=C(C)CCC=C(C)C)c12. The first-order valence-corrected chi connectivity index (χ1v) is 8.68. The van der Waals surface area contributed by atoms with Gasteiger partial charge in [0, 0.05) is 6.92 Å². The number of aromatic hydroxyl groups is 1. The van der Waals surface area contributed by atoms with E-state index in [4.69, 9.17) is 13.9 Å². The molecule has 0 radical (unpaired) electrons. The molecule has 0 unspecified atom stereocenters. The highest BCUT2D eigenvalue weighted by Crippen LogP contribution is 2.38. The molecule has 6 heteroatoms. The van der Waals surface area contributed by atoms with E-state index in [9.17, 15) is 14.7 Å². The van der Waals surface area contributed by atoms with Crippen molar-refractivity contribution in [2.24, 2.45) is 0 Å². The van der Waals surface area contributed by atoms with Gasteiger partial charge in [0.15, 0.2) is 5.75 Å². The lowest BCUT2D eigenvalue weighted by molar-refractivity contribution is -0.131. The van der Waals surface area contributed by atoms with Gasteiger partial charge in [0.1, 0.15) is 23.3 Å². The van der Waals surface area contributed by atoms with Crippen LogP contribution in [0.1, 0.15) is 40.5 Å². The fourth-order valence-corrected chi connectivity index (χ4v) is 2.51. The number of benzene rings is 1. The van der Waals surface area contributed by atoms with Crippen LogP contribution in [0.25, 0.3) is 11.0 Å². The Balaban J connectivity index is 2.28. The van der Waals surface area contributed by atoms with Crippen molar-refractivity contribution in [1.29, 1.82) is 0 Å². The Hall–Kier alpha value is -3.02. The summed E-state index contributed by atoms with van der Waals surface area (Å²) in [4.78, 5) is 23.1. The second-order valence-corrected chi connectivity index (χ2v) is 6.47. The van der Waals surface area contributed by atoms with Gasteiger partial charge in [-0.25, -0.2) is 4.79 Å². The molecule has 1 heterocycles. The Morgan fingerprint density at radius 1 is 1.19 bits per heavy atom. The smallest absolute Gasteiger partial charge is 0.382 e. The Labute approximate surface area is 157 Å². The number of rotatable bonds is 7. The zero-order valence-corrected chi connectivity index (χ0v) is 16.0. The van der Waals surface area contributed by atoms with Crippen LogP contribution < -0.4 is 15.1 Å². The molecule has 144 valence electrons. The Morgan fingerprint density at radius 3 is 2.59 bits per heavy atom. The maximum absolute atomic E-state index is 11.7. The quantitative estimate of drug-likeness (QED) is 0.438. The first kappa shape index (κ1) is 20.3. The number of hydrogen-bond acceptors (Lipinski definition) is 6. The Bertz CT molecular complexity index is 945. The van der Waals surface area contributed by atoms with E-state index < -0.39 is 17.3 Å². The fraction of sp³-hybridized carbons (Fsp3) is 0.333. The van der Waals surface area contributed by atoms with E-state index in [1.165, 1.54) is 24.1 Å². The highest BCUT2D eigenvalue weighted by Gasteiger charge is 2.20. The highest BCUT2D eigenvalue weighted by atomic mass is 16.5. The maximum atomic E-state index is 11.7. The van der Waals surface area contributed by atoms with Crippen LogP contribution in [0.3, 0.4) is 0 Å². The molecule has 0 saturated carbocycles. The lowest BCUT2D eigenvalue weighted by Crippen LogP contribution is -2.08. The van der Waals surface area contributed by atoms with Crippen LogP contribution in [0.2, 0.25) is 0 Å². The monoisotopic (exact) mass is 372 g/mol. The van der Waals surface area contributed by atoms with Gasteiger partial charge in [-0.3, -0.25) is 4.79 Å². The average Bonchev–Trinajstić information content (AvgIpc) is 2.58. The van der Waals surface area contributed by atoms with Gasteiger partial charge < -0.3 is 19.0 Å². The summed E-state index contributed by atoms with van der Waals surface area (Å²) in [6.45, 7) is 7.63. The second-order valence-electron chi connectivity index (χ2n) is 6.47. The molecular weight excluding hydrogens is 348 g/mol. The standard InChI is InChI=1S/C21H24O6/c1-13(2)7-5-8-14(3)11-12-25-16-9-6-10-17-18(16)20(26-15(4)22)19(23)21(24)27-17/h6-7,9-11,23H,5,8,12H2,1-4H3. The summed E-state index contributed by atoms with van der Waals surface area (Å²) in [7, 11) is 0. The van der Waals surface area contributed by atoms with Crippen LogP contribution in [0.4, 0.5) is 0 Å². The van der Waals surface area contributed by atoms with Crippen LogP contribution in [0, 0.1) is 0 Å². The molecule has 2 rings (SSSR count). The minimum absolute atomic E-state index is 0.163. The van der Waals surface area contributed by atoms with Gasteiger partial charge in [-0.1, -0.05) is 23.3 Å². The molecule has 1 N–H and O–H groups in total. The first-order valence-electron chi connectivity index (χ1n) is 8.68. The van der Waals surface area contributed by atoms with Gasteiger partial charge in [-0.2, -0.15) is 0 Å². The number of hydrogen-bond donors (Lipinski definition) is 1. The molecule has 0 aliphatic rings. The van der Waals surface area contributed by atoms with Crippen LogP contribution in [-0.4, -0.2) is 17.7 Å². The van der Waals surface area contributed by atoms with Crippen molar-refractivity contribution < 1.29 is 23.8 Å². The van der Waals surface area contributed by atoms with Gasteiger partial charge in [-0.05, 0) is 51.8 Å². The van der Waals surface area contributed by atoms with Crippen molar-refractivity contribution in [3.63, 3.8) is 0 Å². The summed E-state index contributed by atoms with van der Waals surface area (Å²) in [6, 6.07) is 4.85. The molecule has 0 aliphatic carbocycles. The summed E-state index contributed by atoms with van der Waals surface area (Å²) in [5, 5.41) is 10.2. The van der Waals surface area contributed by atoms with Crippen molar-refractivity contribution in [1.82, 2.24) is 0 Å². The van der Waals surface area contributed by atoms with E-state index in [1.54, 1.807) is 12.1 Å². The van der Waals surface area contributed by atoms with Crippen molar-refractivity contribution >= 4 is 16.9 Å². The normalized spacial score (nSPS) is 11.3. The molecule has 0 spiro atoms. The Morgan fingerprint density at radius 2 is 1.93 bits per heavy atom. The predicted octanol–water partition coefficient (Wildman–Crippen LogP) is 4.50. The molecule has 0 amide bonds. The van der Waals surface area contributed by atoms with E-state index in [0.29, 0.717) is 12.4 Å². The number of ether oxygens (including phenoxy) is 2. The van der Waals surface area contributed by atoms with Crippen molar-refractivity contribution in [3.05, 3.63) is 51.9 Å². The van der Waals surface area contributed by atoms with E-state index in [-0.39, 0.29) is 16.7 Å². The molecule has 27 heavy (non-hydrogen) atoms. The second kappa shape index (κ2) is 9.07. The van der Waals surface area contributed by atoms with E-state index in [1.807, 2.05) is 13.0 Å².